The molecule has 19 heavy (non-hydrogen) atoms. The lowest BCUT2D eigenvalue weighted by Gasteiger charge is -1.98. The van der Waals surface area contributed by atoms with Crippen molar-refractivity contribution in [3.8, 4) is 0 Å². The standard InChI is InChI=1S/C15H13N3S/c1-11(12-6-4-5-9-16-12)17-10-15-18-13-7-2-3-8-14(13)19-15/h2-9H,10H2,1H3. The summed E-state index contributed by atoms with van der Waals surface area (Å²) >= 11 is 1.70. The van der Waals surface area contributed by atoms with Crippen LogP contribution in [0.15, 0.2) is 53.7 Å². The zero-order chi connectivity index (χ0) is 13.1. The van der Waals surface area contributed by atoms with Crippen LogP contribution in [-0.2, 0) is 6.54 Å². The lowest BCUT2D eigenvalue weighted by Crippen LogP contribution is -1.98. The number of hydrogen-bond donors (Lipinski definition) is 0. The van der Waals surface area contributed by atoms with Crippen molar-refractivity contribution in [1.82, 2.24) is 9.97 Å². The molecular formula is C15H13N3S. The zero-order valence-electron chi connectivity index (χ0n) is 10.6. The van der Waals surface area contributed by atoms with Gasteiger partial charge in [0.05, 0.1) is 28.2 Å². The van der Waals surface area contributed by atoms with Crippen LogP contribution < -0.4 is 0 Å². The SMILES string of the molecule is CC(=NCc1nc2ccccc2s1)c1ccccn1. The molecule has 0 aliphatic carbocycles. The second kappa shape index (κ2) is 5.28. The molecule has 1 aromatic carbocycles. The van der Waals surface area contributed by atoms with Gasteiger partial charge in [0.15, 0.2) is 0 Å². The van der Waals surface area contributed by atoms with Crippen LogP contribution in [0.5, 0.6) is 0 Å². The smallest absolute Gasteiger partial charge is 0.115 e. The Morgan fingerprint density at radius 2 is 2.00 bits per heavy atom. The maximum Gasteiger partial charge on any atom is 0.115 e. The number of thiazole rings is 1. The summed E-state index contributed by atoms with van der Waals surface area (Å²) in [5.74, 6) is 0. The Labute approximate surface area is 115 Å². The Morgan fingerprint density at radius 3 is 2.79 bits per heavy atom. The van der Waals surface area contributed by atoms with E-state index in [0.717, 1.165) is 21.9 Å². The van der Waals surface area contributed by atoms with Gasteiger partial charge in [-0.25, -0.2) is 4.98 Å². The van der Waals surface area contributed by atoms with Crippen LogP contribution in [0.4, 0.5) is 0 Å². The van der Waals surface area contributed by atoms with Crippen LogP contribution >= 0.6 is 11.3 Å². The molecule has 0 bridgehead atoms. The molecule has 0 aliphatic rings. The first-order valence-electron chi connectivity index (χ1n) is 6.10. The molecule has 0 fully saturated rings. The van der Waals surface area contributed by atoms with Gasteiger partial charge in [-0.1, -0.05) is 18.2 Å². The Balaban J connectivity index is 1.82. The molecule has 0 atom stereocenters. The van der Waals surface area contributed by atoms with E-state index in [1.54, 1.807) is 17.5 Å². The lowest BCUT2D eigenvalue weighted by atomic mass is 10.2. The maximum atomic E-state index is 4.57. The summed E-state index contributed by atoms with van der Waals surface area (Å²) in [6.07, 6.45) is 1.78. The van der Waals surface area contributed by atoms with Gasteiger partial charge in [0.25, 0.3) is 0 Å². The van der Waals surface area contributed by atoms with Crippen LogP contribution in [0.3, 0.4) is 0 Å². The van der Waals surface area contributed by atoms with E-state index in [2.05, 4.69) is 21.0 Å². The van der Waals surface area contributed by atoms with Crippen LogP contribution in [0.1, 0.15) is 17.6 Å². The van der Waals surface area contributed by atoms with Gasteiger partial charge in [-0.2, -0.15) is 0 Å². The van der Waals surface area contributed by atoms with Crippen LogP contribution in [0.2, 0.25) is 0 Å². The van der Waals surface area contributed by atoms with E-state index in [-0.39, 0.29) is 0 Å². The molecule has 0 spiro atoms. The molecular weight excluding hydrogens is 254 g/mol. The van der Waals surface area contributed by atoms with Gasteiger partial charge in [-0.05, 0) is 31.2 Å². The van der Waals surface area contributed by atoms with Gasteiger partial charge in [0, 0.05) is 6.20 Å². The Hall–Kier alpha value is -2.07. The summed E-state index contributed by atoms with van der Waals surface area (Å²) in [6.45, 7) is 2.59. The average molecular weight is 267 g/mol. The Kier molecular flexibility index (Phi) is 3.33. The van der Waals surface area contributed by atoms with Crippen molar-refractivity contribution in [2.24, 2.45) is 4.99 Å². The summed E-state index contributed by atoms with van der Waals surface area (Å²) < 4.78 is 1.21. The Bertz CT molecular complexity index is 683. The lowest BCUT2D eigenvalue weighted by molar-refractivity contribution is 1.04. The Morgan fingerprint density at radius 1 is 1.16 bits per heavy atom. The first-order chi connectivity index (χ1) is 9.33. The number of rotatable bonds is 3. The van der Waals surface area contributed by atoms with Crippen molar-refractivity contribution in [2.75, 3.05) is 0 Å². The van der Waals surface area contributed by atoms with Gasteiger partial charge < -0.3 is 0 Å². The zero-order valence-corrected chi connectivity index (χ0v) is 11.4. The summed E-state index contributed by atoms with van der Waals surface area (Å²) in [4.78, 5) is 13.4. The largest absolute Gasteiger partial charge is 0.281 e. The van der Waals surface area contributed by atoms with E-state index in [1.807, 2.05) is 43.3 Å². The van der Waals surface area contributed by atoms with Crippen molar-refractivity contribution in [3.05, 3.63) is 59.4 Å². The number of pyridine rings is 1. The number of aromatic nitrogens is 2. The van der Waals surface area contributed by atoms with Crippen molar-refractivity contribution in [2.45, 2.75) is 13.5 Å². The quantitative estimate of drug-likeness (QED) is 0.679. The fraction of sp³-hybridized carbons (Fsp3) is 0.133. The van der Waals surface area contributed by atoms with Crippen molar-refractivity contribution in [1.29, 1.82) is 0 Å². The fourth-order valence-electron chi connectivity index (χ4n) is 1.83. The van der Waals surface area contributed by atoms with Crippen LogP contribution in [-0.4, -0.2) is 15.7 Å². The second-order valence-electron chi connectivity index (χ2n) is 4.19. The summed E-state index contributed by atoms with van der Waals surface area (Å²) in [5.41, 5.74) is 2.91. The maximum absolute atomic E-state index is 4.57. The number of fused-ring (bicyclic) bond motifs is 1. The molecule has 0 N–H and O–H groups in total. The van der Waals surface area contributed by atoms with E-state index in [0.29, 0.717) is 6.54 Å². The van der Waals surface area contributed by atoms with Gasteiger partial charge in [0.2, 0.25) is 0 Å². The first-order valence-corrected chi connectivity index (χ1v) is 6.91. The van der Waals surface area contributed by atoms with Gasteiger partial charge in [-0.15, -0.1) is 11.3 Å². The minimum absolute atomic E-state index is 0.613. The monoisotopic (exact) mass is 267 g/mol. The molecule has 0 saturated heterocycles. The van der Waals surface area contributed by atoms with E-state index in [9.17, 15) is 0 Å². The normalized spacial score (nSPS) is 11.9. The number of aliphatic imine (C=N–C) groups is 1. The van der Waals surface area contributed by atoms with E-state index in [1.165, 1.54) is 4.70 Å². The van der Waals surface area contributed by atoms with Crippen molar-refractivity contribution in [3.63, 3.8) is 0 Å². The molecule has 3 nitrogen and oxygen atoms in total. The molecule has 3 aromatic rings. The van der Waals surface area contributed by atoms with Crippen LogP contribution in [0, 0.1) is 0 Å². The number of nitrogens with zero attached hydrogens (tertiary/aromatic N) is 3. The summed E-state index contributed by atoms with van der Waals surface area (Å²) in [6, 6.07) is 14.0. The predicted molar refractivity (Wildman–Crippen MR) is 79.8 cm³/mol. The molecule has 3 rings (SSSR count). The van der Waals surface area contributed by atoms with E-state index in [4.69, 9.17) is 0 Å². The van der Waals surface area contributed by atoms with Gasteiger partial charge in [0.1, 0.15) is 5.01 Å². The minimum atomic E-state index is 0.613. The third-order valence-corrected chi connectivity index (χ3v) is 3.85. The number of hydrogen-bond acceptors (Lipinski definition) is 4. The number of para-hydroxylation sites is 1. The first kappa shape index (κ1) is 12.0. The average Bonchev–Trinajstić information content (AvgIpc) is 2.88. The molecule has 2 aromatic heterocycles. The van der Waals surface area contributed by atoms with Crippen molar-refractivity contribution < 1.29 is 0 Å². The molecule has 0 radical (unpaired) electrons. The highest BCUT2D eigenvalue weighted by atomic mass is 32.1. The van der Waals surface area contributed by atoms with Gasteiger partial charge in [-0.3, -0.25) is 9.98 Å². The fourth-order valence-corrected chi connectivity index (χ4v) is 2.72. The second-order valence-corrected chi connectivity index (χ2v) is 5.31. The minimum Gasteiger partial charge on any atom is -0.281 e. The molecule has 0 amide bonds. The topological polar surface area (TPSA) is 38.1 Å². The molecule has 2 heterocycles. The number of benzene rings is 1. The molecule has 94 valence electrons. The third-order valence-electron chi connectivity index (χ3n) is 2.83. The summed E-state index contributed by atoms with van der Waals surface area (Å²) in [7, 11) is 0. The highest BCUT2D eigenvalue weighted by molar-refractivity contribution is 7.18. The summed E-state index contributed by atoms with van der Waals surface area (Å²) in [5, 5.41) is 1.04. The molecule has 0 saturated carbocycles. The van der Waals surface area contributed by atoms with E-state index < -0.39 is 0 Å². The highest BCUT2D eigenvalue weighted by Crippen LogP contribution is 2.22. The molecule has 0 aliphatic heterocycles. The highest BCUT2D eigenvalue weighted by Gasteiger charge is 2.03. The molecule has 0 unspecified atom stereocenters. The van der Waals surface area contributed by atoms with Gasteiger partial charge >= 0.3 is 0 Å². The third kappa shape index (κ3) is 2.69. The van der Waals surface area contributed by atoms with Crippen LogP contribution in [0.25, 0.3) is 10.2 Å². The molecule has 4 heteroatoms. The van der Waals surface area contributed by atoms with Crippen molar-refractivity contribution >= 4 is 27.3 Å². The van der Waals surface area contributed by atoms with E-state index >= 15 is 0 Å². The predicted octanol–water partition coefficient (Wildman–Crippen LogP) is 3.70.